The summed E-state index contributed by atoms with van der Waals surface area (Å²) in [5.74, 6) is 1.68. The van der Waals surface area contributed by atoms with Crippen molar-refractivity contribution < 1.29 is 8.42 Å². The number of benzene rings is 1. The third-order valence-electron chi connectivity index (χ3n) is 5.74. The summed E-state index contributed by atoms with van der Waals surface area (Å²) in [5, 5.41) is 0. The van der Waals surface area contributed by atoms with Crippen molar-refractivity contribution in [3.05, 3.63) is 47.7 Å². The Bertz CT molecular complexity index is 902. The normalized spacial score (nSPS) is 18.2. The molecule has 2 heterocycles. The predicted octanol–water partition coefficient (Wildman–Crippen LogP) is 4.00. The molecule has 0 spiro atoms. The molecule has 2 aromatic rings. The highest BCUT2D eigenvalue weighted by Crippen LogP contribution is 2.26. The summed E-state index contributed by atoms with van der Waals surface area (Å²) in [6, 6.07) is 9.20. The minimum absolute atomic E-state index is 0.331. The van der Waals surface area contributed by atoms with E-state index in [1.165, 1.54) is 24.8 Å². The number of pyridine rings is 1. The lowest BCUT2D eigenvalue weighted by atomic mass is 9.92. The zero-order chi connectivity index (χ0) is 18.9. The summed E-state index contributed by atoms with van der Waals surface area (Å²) < 4.78 is 28.2. The van der Waals surface area contributed by atoms with E-state index in [0.29, 0.717) is 10.6 Å². The zero-order valence-electron chi connectivity index (χ0n) is 15.8. The van der Waals surface area contributed by atoms with Crippen LogP contribution in [0.4, 0.5) is 11.5 Å². The molecule has 0 amide bonds. The largest absolute Gasteiger partial charge is 0.357 e. The Morgan fingerprint density at radius 3 is 2.48 bits per heavy atom. The number of aryl methyl sites for hydroxylation is 2. The molecule has 6 heteroatoms. The van der Waals surface area contributed by atoms with Gasteiger partial charge in [-0.15, -0.1) is 0 Å². The Kier molecular flexibility index (Phi) is 5.08. The summed E-state index contributed by atoms with van der Waals surface area (Å²) >= 11 is 0. The average Bonchev–Trinajstić information content (AvgIpc) is 2.68. The van der Waals surface area contributed by atoms with Crippen LogP contribution in [-0.4, -0.2) is 26.5 Å². The summed E-state index contributed by atoms with van der Waals surface area (Å²) in [6.07, 6.45) is 8.29. The van der Waals surface area contributed by atoms with Crippen LogP contribution in [0.15, 0.2) is 41.4 Å². The van der Waals surface area contributed by atoms with Crippen LogP contribution in [0, 0.1) is 5.92 Å². The zero-order valence-corrected chi connectivity index (χ0v) is 16.6. The molecule has 1 aromatic carbocycles. The van der Waals surface area contributed by atoms with Gasteiger partial charge in [0.15, 0.2) is 0 Å². The van der Waals surface area contributed by atoms with Crippen molar-refractivity contribution in [3.8, 4) is 0 Å². The maximum atomic E-state index is 12.8. The molecule has 1 aliphatic carbocycles. The van der Waals surface area contributed by atoms with Gasteiger partial charge in [-0.05, 0) is 79.8 Å². The van der Waals surface area contributed by atoms with Gasteiger partial charge in [0.25, 0.3) is 10.0 Å². The van der Waals surface area contributed by atoms with Gasteiger partial charge in [0.1, 0.15) is 5.82 Å². The van der Waals surface area contributed by atoms with Gasteiger partial charge < -0.3 is 4.90 Å². The lowest BCUT2D eigenvalue weighted by Crippen LogP contribution is -2.33. The van der Waals surface area contributed by atoms with Crippen LogP contribution in [0.3, 0.4) is 0 Å². The third-order valence-corrected chi connectivity index (χ3v) is 7.12. The van der Waals surface area contributed by atoms with Crippen molar-refractivity contribution >= 4 is 21.5 Å². The van der Waals surface area contributed by atoms with Crippen molar-refractivity contribution in [1.82, 2.24) is 4.98 Å². The number of rotatable bonds is 4. The second-order valence-electron chi connectivity index (χ2n) is 7.82. The molecule has 144 valence electrons. The lowest BCUT2D eigenvalue weighted by Gasteiger charge is -2.31. The van der Waals surface area contributed by atoms with Gasteiger partial charge in [0, 0.05) is 13.1 Å². The molecule has 1 aliphatic heterocycles. The van der Waals surface area contributed by atoms with E-state index < -0.39 is 10.0 Å². The van der Waals surface area contributed by atoms with Gasteiger partial charge in [0.05, 0.1) is 16.8 Å². The first-order chi connectivity index (χ1) is 13.0. The number of fused-ring (bicyclic) bond motifs is 1. The van der Waals surface area contributed by atoms with E-state index in [1.807, 2.05) is 18.2 Å². The predicted molar refractivity (Wildman–Crippen MR) is 109 cm³/mol. The topological polar surface area (TPSA) is 62.3 Å². The van der Waals surface area contributed by atoms with Gasteiger partial charge in [-0.1, -0.05) is 13.0 Å². The number of nitrogens with one attached hydrogen (secondary N) is 1. The van der Waals surface area contributed by atoms with Crippen LogP contribution in [0.25, 0.3) is 0 Å². The minimum atomic E-state index is -3.60. The molecule has 0 radical (unpaired) electrons. The van der Waals surface area contributed by atoms with Crippen LogP contribution >= 0.6 is 0 Å². The molecular formula is C21H27N3O2S. The highest BCUT2D eigenvalue weighted by Gasteiger charge is 2.19. The Morgan fingerprint density at radius 2 is 1.78 bits per heavy atom. The smallest absolute Gasteiger partial charge is 0.261 e. The van der Waals surface area contributed by atoms with E-state index in [9.17, 15) is 8.42 Å². The molecule has 27 heavy (non-hydrogen) atoms. The van der Waals surface area contributed by atoms with Crippen LogP contribution in [-0.2, 0) is 22.9 Å². The number of anilines is 2. The van der Waals surface area contributed by atoms with E-state index in [4.69, 9.17) is 0 Å². The van der Waals surface area contributed by atoms with Crippen molar-refractivity contribution in [2.24, 2.45) is 5.92 Å². The van der Waals surface area contributed by atoms with Gasteiger partial charge in [-0.2, -0.15) is 0 Å². The van der Waals surface area contributed by atoms with Gasteiger partial charge in [0.2, 0.25) is 0 Å². The molecule has 5 nitrogen and oxygen atoms in total. The maximum Gasteiger partial charge on any atom is 0.261 e. The maximum absolute atomic E-state index is 12.8. The summed E-state index contributed by atoms with van der Waals surface area (Å²) in [4.78, 5) is 7.07. The lowest BCUT2D eigenvalue weighted by molar-refractivity contribution is 0.436. The van der Waals surface area contributed by atoms with Crippen LogP contribution in [0.5, 0.6) is 0 Å². The number of sulfonamides is 1. The van der Waals surface area contributed by atoms with Gasteiger partial charge in [-0.3, -0.25) is 4.72 Å². The fourth-order valence-electron chi connectivity index (χ4n) is 3.96. The Hall–Kier alpha value is -2.08. The molecule has 1 aromatic heterocycles. The summed E-state index contributed by atoms with van der Waals surface area (Å²) in [7, 11) is -3.60. The molecule has 1 saturated heterocycles. The van der Waals surface area contributed by atoms with Crippen molar-refractivity contribution in [3.63, 3.8) is 0 Å². The van der Waals surface area contributed by atoms with Crippen molar-refractivity contribution in [2.75, 3.05) is 22.7 Å². The Labute approximate surface area is 161 Å². The number of hydrogen-bond donors (Lipinski definition) is 1. The molecular weight excluding hydrogens is 358 g/mol. The second-order valence-corrected chi connectivity index (χ2v) is 9.50. The second kappa shape index (κ2) is 7.50. The molecule has 1 N–H and O–H groups in total. The Morgan fingerprint density at radius 1 is 1.04 bits per heavy atom. The molecule has 0 saturated carbocycles. The number of aromatic nitrogens is 1. The number of nitrogens with zero attached hydrogens (tertiary/aromatic N) is 2. The Balaban J connectivity index is 1.48. The van der Waals surface area contributed by atoms with Crippen LogP contribution < -0.4 is 9.62 Å². The highest BCUT2D eigenvalue weighted by atomic mass is 32.2. The van der Waals surface area contributed by atoms with Crippen molar-refractivity contribution in [1.29, 1.82) is 0 Å². The van der Waals surface area contributed by atoms with Crippen LogP contribution in [0.1, 0.15) is 43.7 Å². The van der Waals surface area contributed by atoms with E-state index in [0.717, 1.165) is 49.7 Å². The SMILES string of the molecule is CC1CCN(c2ccc(NS(=O)(=O)c3ccc4c(c3)CCCC4)cn2)CC1. The molecule has 0 unspecified atom stereocenters. The third kappa shape index (κ3) is 4.10. The average molecular weight is 386 g/mol. The monoisotopic (exact) mass is 385 g/mol. The number of hydrogen-bond acceptors (Lipinski definition) is 4. The molecule has 1 fully saturated rings. The van der Waals surface area contributed by atoms with Crippen molar-refractivity contribution in [2.45, 2.75) is 50.3 Å². The fourth-order valence-corrected chi connectivity index (χ4v) is 5.06. The number of piperidine rings is 1. The first-order valence-electron chi connectivity index (χ1n) is 9.87. The van der Waals surface area contributed by atoms with Gasteiger partial charge in [-0.25, -0.2) is 13.4 Å². The van der Waals surface area contributed by atoms with E-state index in [-0.39, 0.29) is 0 Å². The van der Waals surface area contributed by atoms with Gasteiger partial charge >= 0.3 is 0 Å². The molecule has 4 rings (SSSR count). The first-order valence-corrected chi connectivity index (χ1v) is 11.4. The fraction of sp³-hybridized carbons (Fsp3) is 0.476. The van der Waals surface area contributed by atoms with E-state index >= 15 is 0 Å². The standard InChI is InChI=1S/C21H27N3O2S/c1-16-10-12-24(13-11-16)21-9-7-19(15-22-21)23-27(25,26)20-8-6-17-4-2-3-5-18(17)14-20/h6-9,14-16,23H,2-5,10-13H2,1H3. The summed E-state index contributed by atoms with van der Waals surface area (Å²) in [6.45, 7) is 4.30. The summed E-state index contributed by atoms with van der Waals surface area (Å²) in [5.41, 5.74) is 2.95. The van der Waals surface area contributed by atoms with E-state index in [2.05, 4.69) is 21.5 Å². The van der Waals surface area contributed by atoms with Crippen LogP contribution in [0.2, 0.25) is 0 Å². The first kappa shape index (κ1) is 18.3. The molecule has 2 aliphatic rings. The highest BCUT2D eigenvalue weighted by molar-refractivity contribution is 7.92. The minimum Gasteiger partial charge on any atom is -0.357 e. The van der Waals surface area contributed by atoms with E-state index in [1.54, 1.807) is 18.3 Å². The molecule has 0 bridgehead atoms. The quantitative estimate of drug-likeness (QED) is 0.864. The molecule has 0 atom stereocenters.